The van der Waals surface area contributed by atoms with Crippen molar-refractivity contribution < 1.29 is 13.5 Å². The summed E-state index contributed by atoms with van der Waals surface area (Å²) < 4.78 is 32.2. The quantitative estimate of drug-likeness (QED) is 0.401. The molecule has 0 fully saturated rings. The van der Waals surface area contributed by atoms with Gasteiger partial charge in [-0.1, -0.05) is 33.8 Å². The van der Waals surface area contributed by atoms with Crippen LogP contribution in [0.1, 0.15) is 60.8 Å². The fraction of sp³-hybridized carbons (Fsp3) is 0.875. The Labute approximate surface area is 117 Å². The number of rotatable bonds is 9. The summed E-state index contributed by atoms with van der Waals surface area (Å²) >= 11 is 0. The van der Waals surface area contributed by atoms with E-state index in [-0.39, 0.29) is 11.5 Å². The van der Waals surface area contributed by atoms with E-state index >= 15 is 0 Å². The second-order valence-corrected chi connectivity index (χ2v) is 6.65. The minimum atomic E-state index is -2.68. The zero-order valence-electron chi connectivity index (χ0n) is 13.3. The molecule has 0 radical (unpaired) electrons. The molecule has 0 amide bonds. The Hall–Kier alpha value is -0.440. The van der Waals surface area contributed by atoms with Gasteiger partial charge in [-0.05, 0) is 44.6 Å². The Kier molecular flexibility index (Phi) is 7.80. The zero-order chi connectivity index (χ0) is 15.1. The van der Waals surface area contributed by atoms with Crippen LogP contribution in [0.2, 0.25) is 0 Å². The number of allylic oxidation sites excluding steroid dienone is 2. The molecule has 0 saturated heterocycles. The Morgan fingerprint density at radius 1 is 1.11 bits per heavy atom. The predicted octanol–water partition coefficient (Wildman–Crippen LogP) is 5.46. The standard InChI is InChI=1S/C16H30F2O/c1-13(2)16(17,18)11-9-7-8-10-15(5,6)12-19-14(3)4/h9,11,13-14H,7-8,10,12H2,1-6H3/b11-9+. The third kappa shape index (κ3) is 9.15. The maximum Gasteiger partial charge on any atom is 0.268 e. The lowest BCUT2D eigenvalue weighted by Crippen LogP contribution is -2.22. The van der Waals surface area contributed by atoms with Crippen LogP contribution >= 0.6 is 0 Å². The lowest BCUT2D eigenvalue weighted by atomic mass is 9.88. The molecular weight excluding hydrogens is 246 g/mol. The summed E-state index contributed by atoms with van der Waals surface area (Å²) in [6.07, 6.45) is 5.50. The molecule has 0 saturated carbocycles. The average Bonchev–Trinajstić information content (AvgIpc) is 2.25. The van der Waals surface area contributed by atoms with Crippen LogP contribution in [0.25, 0.3) is 0 Å². The third-order valence-electron chi connectivity index (χ3n) is 3.14. The van der Waals surface area contributed by atoms with Gasteiger partial charge in [0.05, 0.1) is 12.7 Å². The molecule has 0 aromatic rings. The van der Waals surface area contributed by atoms with Crippen LogP contribution in [0.4, 0.5) is 8.78 Å². The maximum absolute atomic E-state index is 13.3. The summed E-state index contributed by atoms with van der Waals surface area (Å²) in [4.78, 5) is 0. The fourth-order valence-electron chi connectivity index (χ4n) is 1.60. The topological polar surface area (TPSA) is 9.23 Å². The molecule has 3 heteroatoms. The van der Waals surface area contributed by atoms with Gasteiger partial charge in [0.1, 0.15) is 0 Å². The van der Waals surface area contributed by atoms with Gasteiger partial charge in [-0.15, -0.1) is 0 Å². The molecule has 1 nitrogen and oxygen atoms in total. The van der Waals surface area contributed by atoms with Crippen LogP contribution in [0.15, 0.2) is 12.2 Å². The number of hydrogen-bond acceptors (Lipinski definition) is 1. The van der Waals surface area contributed by atoms with E-state index in [1.807, 2.05) is 13.8 Å². The van der Waals surface area contributed by atoms with Crippen molar-refractivity contribution in [3.8, 4) is 0 Å². The van der Waals surface area contributed by atoms with Gasteiger partial charge in [0.25, 0.3) is 5.92 Å². The lowest BCUT2D eigenvalue weighted by molar-refractivity contribution is 0.00586. The largest absolute Gasteiger partial charge is 0.378 e. The monoisotopic (exact) mass is 276 g/mol. The van der Waals surface area contributed by atoms with Crippen molar-refractivity contribution in [2.45, 2.75) is 72.8 Å². The van der Waals surface area contributed by atoms with Gasteiger partial charge in [-0.25, -0.2) is 8.78 Å². The summed E-state index contributed by atoms with van der Waals surface area (Å²) in [7, 11) is 0. The highest BCUT2D eigenvalue weighted by Gasteiger charge is 2.29. The molecule has 0 atom stereocenters. The van der Waals surface area contributed by atoms with Gasteiger partial charge in [0, 0.05) is 5.92 Å². The Bertz CT molecular complexity index is 268. The van der Waals surface area contributed by atoms with E-state index in [1.54, 1.807) is 6.08 Å². The lowest BCUT2D eigenvalue weighted by Gasteiger charge is -2.25. The van der Waals surface area contributed by atoms with E-state index in [1.165, 1.54) is 13.8 Å². The summed E-state index contributed by atoms with van der Waals surface area (Å²) in [6, 6.07) is 0. The Balaban J connectivity index is 3.94. The van der Waals surface area contributed by atoms with Gasteiger partial charge in [-0.2, -0.15) is 0 Å². The molecule has 0 N–H and O–H groups in total. The van der Waals surface area contributed by atoms with Crippen LogP contribution in [0.3, 0.4) is 0 Å². The summed E-state index contributed by atoms with van der Waals surface area (Å²) in [5.41, 5.74) is 0.110. The molecule has 0 spiro atoms. The Morgan fingerprint density at radius 3 is 2.16 bits per heavy atom. The SMILES string of the molecule is CC(C)OCC(C)(C)CCC/C=C/C(F)(F)C(C)C. The normalized spacial score (nSPS) is 14.0. The predicted molar refractivity (Wildman–Crippen MR) is 77.6 cm³/mol. The molecule has 19 heavy (non-hydrogen) atoms. The van der Waals surface area contributed by atoms with Crippen molar-refractivity contribution in [1.82, 2.24) is 0 Å². The molecule has 0 aliphatic heterocycles. The minimum Gasteiger partial charge on any atom is -0.378 e. The van der Waals surface area contributed by atoms with E-state index in [9.17, 15) is 8.78 Å². The van der Waals surface area contributed by atoms with Crippen LogP contribution in [-0.4, -0.2) is 18.6 Å². The van der Waals surface area contributed by atoms with Crippen LogP contribution < -0.4 is 0 Å². The summed E-state index contributed by atoms with van der Waals surface area (Å²) in [6.45, 7) is 12.1. The first-order chi connectivity index (χ1) is 8.57. The molecule has 0 aromatic carbocycles. The van der Waals surface area contributed by atoms with Crippen molar-refractivity contribution in [2.75, 3.05) is 6.61 Å². The minimum absolute atomic E-state index is 0.110. The maximum atomic E-state index is 13.3. The Morgan fingerprint density at radius 2 is 1.68 bits per heavy atom. The number of hydrogen-bond donors (Lipinski definition) is 0. The van der Waals surface area contributed by atoms with Crippen molar-refractivity contribution in [3.05, 3.63) is 12.2 Å². The van der Waals surface area contributed by atoms with Crippen LogP contribution in [0.5, 0.6) is 0 Å². The molecule has 0 rings (SSSR count). The van der Waals surface area contributed by atoms with Crippen molar-refractivity contribution in [2.24, 2.45) is 11.3 Å². The van der Waals surface area contributed by atoms with Crippen molar-refractivity contribution in [3.63, 3.8) is 0 Å². The molecule has 0 bridgehead atoms. The van der Waals surface area contributed by atoms with Gasteiger partial charge < -0.3 is 4.74 Å². The summed E-state index contributed by atoms with van der Waals surface area (Å²) in [5.74, 6) is -3.32. The zero-order valence-corrected chi connectivity index (χ0v) is 13.3. The number of unbranched alkanes of at least 4 members (excludes halogenated alkanes) is 1. The van der Waals surface area contributed by atoms with Crippen LogP contribution in [-0.2, 0) is 4.74 Å². The number of alkyl halides is 2. The first kappa shape index (κ1) is 18.6. The van der Waals surface area contributed by atoms with Gasteiger partial charge in [0.15, 0.2) is 0 Å². The first-order valence-electron chi connectivity index (χ1n) is 7.24. The molecule has 114 valence electrons. The second kappa shape index (κ2) is 7.98. The van der Waals surface area contributed by atoms with Crippen molar-refractivity contribution >= 4 is 0 Å². The van der Waals surface area contributed by atoms with E-state index in [2.05, 4.69) is 13.8 Å². The van der Waals surface area contributed by atoms with E-state index in [0.717, 1.165) is 25.5 Å². The average molecular weight is 276 g/mol. The van der Waals surface area contributed by atoms with Crippen LogP contribution in [0, 0.1) is 11.3 Å². The highest BCUT2D eigenvalue weighted by Crippen LogP contribution is 2.27. The number of halogens is 2. The molecule has 0 aromatic heterocycles. The van der Waals surface area contributed by atoms with Crippen molar-refractivity contribution in [1.29, 1.82) is 0 Å². The molecular formula is C16H30F2O. The molecule has 0 heterocycles. The fourth-order valence-corrected chi connectivity index (χ4v) is 1.60. The molecule has 0 aliphatic carbocycles. The number of ether oxygens (including phenoxy) is 1. The van der Waals surface area contributed by atoms with E-state index < -0.39 is 11.8 Å². The van der Waals surface area contributed by atoms with E-state index in [0.29, 0.717) is 6.42 Å². The molecule has 0 aliphatic rings. The smallest absolute Gasteiger partial charge is 0.268 e. The highest BCUT2D eigenvalue weighted by atomic mass is 19.3. The third-order valence-corrected chi connectivity index (χ3v) is 3.14. The second-order valence-electron chi connectivity index (χ2n) is 6.65. The van der Waals surface area contributed by atoms with Gasteiger partial charge >= 0.3 is 0 Å². The molecule has 0 unspecified atom stereocenters. The summed E-state index contributed by atoms with van der Waals surface area (Å²) in [5, 5.41) is 0. The highest BCUT2D eigenvalue weighted by molar-refractivity contribution is 4.96. The van der Waals surface area contributed by atoms with E-state index in [4.69, 9.17) is 4.74 Å². The van der Waals surface area contributed by atoms with Gasteiger partial charge in [-0.3, -0.25) is 0 Å². The van der Waals surface area contributed by atoms with Gasteiger partial charge in [0.2, 0.25) is 0 Å². The first-order valence-corrected chi connectivity index (χ1v) is 7.24.